The summed E-state index contributed by atoms with van der Waals surface area (Å²) in [5.41, 5.74) is 1.78. The zero-order chi connectivity index (χ0) is 17.4. The molecule has 6 heteroatoms. The van der Waals surface area contributed by atoms with Crippen LogP contribution in [0.3, 0.4) is 0 Å². The second kappa shape index (κ2) is 8.97. The number of carbonyl (C=O) groups excluding carboxylic acids is 1. The molecule has 1 fully saturated rings. The van der Waals surface area contributed by atoms with Crippen LogP contribution in [0, 0.1) is 6.92 Å². The predicted octanol–water partition coefficient (Wildman–Crippen LogP) is 2.18. The van der Waals surface area contributed by atoms with Crippen LogP contribution in [0.2, 0.25) is 0 Å². The number of rotatable bonds is 6. The van der Waals surface area contributed by atoms with Crippen molar-refractivity contribution in [2.24, 2.45) is 4.99 Å². The number of nitrogens with one attached hydrogen (secondary N) is 3. The van der Waals surface area contributed by atoms with Gasteiger partial charge in [0.05, 0.1) is 0 Å². The first-order valence-corrected chi connectivity index (χ1v) is 9.44. The first kappa shape index (κ1) is 18.6. The van der Waals surface area contributed by atoms with Crippen LogP contribution >= 0.6 is 11.8 Å². The van der Waals surface area contributed by atoms with E-state index in [1.807, 2.05) is 43.0 Å². The van der Waals surface area contributed by atoms with E-state index in [-0.39, 0.29) is 5.91 Å². The summed E-state index contributed by atoms with van der Waals surface area (Å²) in [5.74, 6) is 1.99. The summed E-state index contributed by atoms with van der Waals surface area (Å²) in [4.78, 5) is 16.3. The number of thioether (sulfide) groups is 1. The highest BCUT2D eigenvalue weighted by Gasteiger charge is 2.29. The van der Waals surface area contributed by atoms with Crippen LogP contribution in [0.1, 0.15) is 35.7 Å². The van der Waals surface area contributed by atoms with Gasteiger partial charge in [0.2, 0.25) is 0 Å². The monoisotopic (exact) mass is 348 g/mol. The van der Waals surface area contributed by atoms with Gasteiger partial charge in [0.25, 0.3) is 5.91 Å². The van der Waals surface area contributed by atoms with E-state index in [4.69, 9.17) is 0 Å². The molecule has 0 radical (unpaired) electrons. The van der Waals surface area contributed by atoms with Crippen molar-refractivity contribution in [2.45, 2.75) is 31.4 Å². The Balaban J connectivity index is 1.67. The summed E-state index contributed by atoms with van der Waals surface area (Å²) in [7, 11) is 1.77. The highest BCUT2D eigenvalue weighted by molar-refractivity contribution is 8.00. The molecule has 2 rings (SSSR count). The molecule has 5 nitrogen and oxygen atoms in total. The van der Waals surface area contributed by atoms with E-state index in [1.54, 1.807) is 7.05 Å². The fourth-order valence-electron chi connectivity index (χ4n) is 2.71. The van der Waals surface area contributed by atoms with E-state index in [0.29, 0.717) is 23.4 Å². The number of aryl methyl sites for hydroxylation is 1. The quantitative estimate of drug-likeness (QED) is 0.419. The zero-order valence-electron chi connectivity index (χ0n) is 14.8. The van der Waals surface area contributed by atoms with E-state index >= 15 is 0 Å². The summed E-state index contributed by atoms with van der Waals surface area (Å²) in [6.07, 6.45) is 2.54. The number of benzene rings is 1. The third kappa shape index (κ3) is 5.74. The number of hydrogen-bond acceptors (Lipinski definition) is 3. The number of amides is 1. The van der Waals surface area contributed by atoms with E-state index < -0.39 is 0 Å². The Morgan fingerprint density at radius 2 is 2.08 bits per heavy atom. The molecule has 132 valence electrons. The number of aliphatic imine (C=N–C) groups is 1. The molecule has 1 amide bonds. The van der Waals surface area contributed by atoms with E-state index in [0.717, 1.165) is 18.1 Å². The molecule has 1 aromatic rings. The molecule has 0 aromatic heterocycles. The third-order valence-electron chi connectivity index (χ3n) is 4.14. The molecule has 24 heavy (non-hydrogen) atoms. The number of hydrogen-bond donors (Lipinski definition) is 3. The first-order chi connectivity index (χ1) is 11.5. The normalized spacial score (nSPS) is 20.7. The molecule has 0 bridgehead atoms. The Morgan fingerprint density at radius 1 is 1.29 bits per heavy atom. The van der Waals surface area contributed by atoms with Gasteiger partial charge >= 0.3 is 0 Å². The van der Waals surface area contributed by atoms with Crippen molar-refractivity contribution in [1.29, 1.82) is 0 Å². The molecule has 3 N–H and O–H groups in total. The third-order valence-corrected chi connectivity index (χ3v) is 5.68. The maximum atomic E-state index is 12.1. The van der Waals surface area contributed by atoms with Crippen molar-refractivity contribution in [2.75, 3.05) is 32.4 Å². The van der Waals surface area contributed by atoms with Crippen LogP contribution in [0.4, 0.5) is 0 Å². The molecule has 1 aliphatic rings. The summed E-state index contributed by atoms with van der Waals surface area (Å²) >= 11 is 2.03. The standard InChI is InChI=1S/C18H28N4OS/c1-14-6-4-7-15(12-14)16(23)20-9-10-21-17(19-3)22-13-18(2)8-5-11-24-18/h4,6-7,12H,5,8-11,13H2,1-3H3,(H,20,23)(H2,19,21,22). The van der Waals surface area contributed by atoms with Crippen LogP contribution in [0.25, 0.3) is 0 Å². The van der Waals surface area contributed by atoms with Gasteiger partial charge in [-0.05, 0) is 44.6 Å². The topological polar surface area (TPSA) is 65.5 Å². The second-order valence-corrected chi connectivity index (χ2v) is 8.06. The van der Waals surface area contributed by atoms with E-state index in [9.17, 15) is 4.79 Å². The Labute approximate surface area is 149 Å². The lowest BCUT2D eigenvalue weighted by Crippen LogP contribution is -2.45. The van der Waals surface area contributed by atoms with Gasteiger partial charge in [0.1, 0.15) is 0 Å². The lowest BCUT2D eigenvalue weighted by molar-refractivity contribution is 0.0954. The van der Waals surface area contributed by atoms with E-state index in [1.165, 1.54) is 18.6 Å². The summed E-state index contributed by atoms with van der Waals surface area (Å²) in [6, 6.07) is 7.60. The fraction of sp³-hybridized carbons (Fsp3) is 0.556. The summed E-state index contributed by atoms with van der Waals surface area (Å²) in [5, 5.41) is 9.55. The average molecular weight is 349 g/mol. The maximum absolute atomic E-state index is 12.1. The van der Waals surface area contributed by atoms with Crippen molar-refractivity contribution in [1.82, 2.24) is 16.0 Å². The molecule has 1 unspecified atom stereocenters. The van der Waals surface area contributed by atoms with Crippen molar-refractivity contribution < 1.29 is 4.79 Å². The molecule has 1 saturated heterocycles. The molecule has 0 saturated carbocycles. The number of guanidine groups is 1. The molecular weight excluding hydrogens is 320 g/mol. The Bertz CT molecular complexity index is 582. The molecule has 1 aliphatic heterocycles. The van der Waals surface area contributed by atoms with Gasteiger partial charge in [-0.2, -0.15) is 11.8 Å². The van der Waals surface area contributed by atoms with Gasteiger partial charge in [0.15, 0.2) is 5.96 Å². The minimum absolute atomic E-state index is 0.0432. The predicted molar refractivity (Wildman–Crippen MR) is 103 cm³/mol. The molecule has 1 aromatic carbocycles. The Kier molecular flexibility index (Phi) is 6.97. The lowest BCUT2D eigenvalue weighted by atomic mass is 10.1. The maximum Gasteiger partial charge on any atom is 0.251 e. The SMILES string of the molecule is CN=C(NCCNC(=O)c1cccc(C)c1)NCC1(C)CCCS1. The molecule has 0 spiro atoms. The average Bonchev–Trinajstić information content (AvgIpc) is 3.01. The largest absolute Gasteiger partial charge is 0.355 e. The smallest absolute Gasteiger partial charge is 0.251 e. The Morgan fingerprint density at radius 3 is 2.75 bits per heavy atom. The van der Waals surface area contributed by atoms with Crippen molar-refractivity contribution in [3.05, 3.63) is 35.4 Å². The Hall–Kier alpha value is -1.69. The van der Waals surface area contributed by atoms with E-state index in [2.05, 4.69) is 27.9 Å². The number of carbonyl (C=O) groups is 1. The molecular formula is C18H28N4OS. The van der Waals surface area contributed by atoms with Crippen LogP contribution in [0.5, 0.6) is 0 Å². The first-order valence-electron chi connectivity index (χ1n) is 8.46. The highest BCUT2D eigenvalue weighted by Crippen LogP contribution is 2.36. The zero-order valence-corrected chi connectivity index (χ0v) is 15.6. The molecule has 1 atom stereocenters. The highest BCUT2D eigenvalue weighted by atomic mass is 32.2. The second-order valence-electron chi connectivity index (χ2n) is 6.38. The van der Waals surface area contributed by atoms with Crippen LogP contribution < -0.4 is 16.0 Å². The van der Waals surface area contributed by atoms with Crippen LogP contribution in [-0.2, 0) is 0 Å². The van der Waals surface area contributed by atoms with Crippen LogP contribution in [0.15, 0.2) is 29.3 Å². The molecule has 1 heterocycles. The van der Waals surface area contributed by atoms with Crippen LogP contribution in [-0.4, -0.2) is 49.0 Å². The van der Waals surface area contributed by atoms with Crippen molar-refractivity contribution in [3.8, 4) is 0 Å². The van der Waals surface area contributed by atoms with Gasteiger partial charge in [-0.3, -0.25) is 9.79 Å². The van der Waals surface area contributed by atoms with Crippen molar-refractivity contribution >= 4 is 23.6 Å². The minimum Gasteiger partial charge on any atom is -0.355 e. The van der Waals surface area contributed by atoms with Gasteiger partial charge < -0.3 is 16.0 Å². The van der Waals surface area contributed by atoms with Gasteiger partial charge in [-0.25, -0.2) is 0 Å². The minimum atomic E-state index is -0.0432. The summed E-state index contributed by atoms with van der Waals surface area (Å²) < 4.78 is 0.303. The number of nitrogens with zero attached hydrogens (tertiary/aromatic N) is 1. The fourth-order valence-corrected chi connectivity index (χ4v) is 3.96. The van der Waals surface area contributed by atoms with Crippen molar-refractivity contribution in [3.63, 3.8) is 0 Å². The lowest BCUT2D eigenvalue weighted by Gasteiger charge is -2.24. The van der Waals surface area contributed by atoms with Gasteiger partial charge in [0, 0.05) is 37.0 Å². The molecule has 0 aliphatic carbocycles. The van der Waals surface area contributed by atoms with Gasteiger partial charge in [-0.1, -0.05) is 17.7 Å². The van der Waals surface area contributed by atoms with Gasteiger partial charge in [-0.15, -0.1) is 0 Å². The summed E-state index contributed by atoms with van der Waals surface area (Å²) in [6.45, 7) is 6.39.